The first-order valence-corrected chi connectivity index (χ1v) is 8.12. The first-order chi connectivity index (χ1) is 12.1. The fourth-order valence-corrected chi connectivity index (χ4v) is 2.89. The number of carboxylic acids is 1. The van der Waals surface area contributed by atoms with Crippen molar-refractivity contribution < 1.29 is 19.5 Å². The van der Waals surface area contributed by atoms with Crippen LogP contribution < -0.4 is 5.32 Å². The zero-order valence-corrected chi connectivity index (χ0v) is 13.6. The van der Waals surface area contributed by atoms with Gasteiger partial charge in [-0.25, -0.2) is 4.79 Å². The van der Waals surface area contributed by atoms with Gasteiger partial charge >= 0.3 is 5.97 Å². The number of carbonyl (C=O) groups is 3. The van der Waals surface area contributed by atoms with E-state index in [1.807, 2.05) is 0 Å². The first-order valence-electron chi connectivity index (χ1n) is 8.12. The van der Waals surface area contributed by atoms with Crippen molar-refractivity contribution in [2.45, 2.75) is 18.9 Å². The van der Waals surface area contributed by atoms with Crippen LogP contribution in [0.3, 0.4) is 0 Å². The highest BCUT2D eigenvalue weighted by molar-refractivity contribution is 6.00. The topological polar surface area (TPSA) is 102 Å². The van der Waals surface area contributed by atoms with E-state index in [0.717, 1.165) is 12.8 Å². The number of benzene rings is 1. The number of hydrogen-bond acceptors (Lipinski definition) is 3. The zero-order chi connectivity index (χ0) is 17.8. The molecule has 0 aliphatic carbocycles. The van der Waals surface area contributed by atoms with Gasteiger partial charge in [-0.15, -0.1) is 0 Å². The molecule has 0 unspecified atom stereocenters. The Morgan fingerprint density at radius 1 is 1.12 bits per heavy atom. The van der Waals surface area contributed by atoms with Crippen molar-refractivity contribution in [3.63, 3.8) is 0 Å². The Kier molecular flexibility index (Phi) is 4.83. The van der Waals surface area contributed by atoms with Crippen molar-refractivity contribution in [1.29, 1.82) is 0 Å². The Bertz CT molecular complexity index is 779. The lowest BCUT2D eigenvalue weighted by molar-refractivity contribution is -0.139. The quantitative estimate of drug-likeness (QED) is 0.772. The van der Waals surface area contributed by atoms with E-state index in [9.17, 15) is 19.5 Å². The van der Waals surface area contributed by atoms with E-state index in [-0.39, 0.29) is 11.5 Å². The van der Waals surface area contributed by atoms with Crippen LogP contribution in [0.2, 0.25) is 0 Å². The number of aliphatic carboxylic acids is 1. The molecular formula is C18H19N3O4. The van der Waals surface area contributed by atoms with E-state index < -0.39 is 17.9 Å². The molecule has 1 aromatic heterocycles. The molecule has 3 N–H and O–H groups in total. The average Bonchev–Trinajstić information content (AvgIpc) is 3.31. The standard InChI is InChI=1S/C18H19N3O4/c22-16(20-15(18(24)25)12-6-2-1-3-7-12)13-10-14(19-11-13)17(23)21-8-4-5-9-21/h1-3,6-7,10-11,15,19H,4-5,8-9H2,(H,20,22)(H,24,25)/t15-/m1/s1. The number of hydrogen-bond donors (Lipinski definition) is 3. The number of nitrogens with zero attached hydrogens (tertiary/aromatic N) is 1. The van der Waals surface area contributed by atoms with Gasteiger partial charge in [0.25, 0.3) is 11.8 Å². The molecule has 1 aliphatic heterocycles. The predicted molar refractivity (Wildman–Crippen MR) is 90.2 cm³/mol. The van der Waals surface area contributed by atoms with Crippen molar-refractivity contribution in [3.8, 4) is 0 Å². The van der Waals surface area contributed by atoms with Crippen LogP contribution in [0.5, 0.6) is 0 Å². The van der Waals surface area contributed by atoms with E-state index in [0.29, 0.717) is 24.3 Å². The third-order valence-corrected chi connectivity index (χ3v) is 4.22. The van der Waals surface area contributed by atoms with Gasteiger partial charge in [0.05, 0.1) is 5.56 Å². The molecule has 1 aromatic carbocycles. The Balaban J connectivity index is 1.72. The summed E-state index contributed by atoms with van der Waals surface area (Å²) in [4.78, 5) is 40.7. The van der Waals surface area contributed by atoms with Gasteiger partial charge in [-0.3, -0.25) is 9.59 Å². The molecule has 7 heteroatoms. The summed E-state index contributed by atoms with van der Waals surface area (Å²) < 4.78 is 0. The minimum atomic E-state index is -1.15. The van der Waals surface area contributed by atoms with E-state index in [2.05, 4.69) is 10.3 Å². The number of amides is 2. The molecule has 130 valence electrons. The van der Waals surface area contributed by atoms with Gasteiger partial charge in [-0.1, -0.05) is 30.3 Å². The van der Waals surface area contributed by atoms with Crippen LogP contribution in [0.1, 0.15) is 45.3 Å². The van der Waals surface area contributed by atoms with Crippen LogP contribution >= 0.6 is 0 Å². The van der Waals surface area contributed by atoms with E-state index in [4.69, 9.17) is 0 Å². The Hall–Kier alpha value is -3.09. The molecular weight excluding hydrogens is 322 g/mol. The van der Waals surface area contributed by atoms with Gasteiger partial charge < -0.3 is 20.3 Å². The molecule has 1 atom stereocenters. The maximum absolute atomic E-state index is 12.4. The monoisotopic (exact) mass is 341 g/mol. The fraction of sp³-hybridized carbons (Fsp3) is 0.278. The molecule has 0 spiro atoms. The summed E-state index contributed by atoms with van der Waals surface area (Å²) in [5.41, 5.74) is 1.04. The van der Waals surface area contributed by atoms with Crippen molar-refractivity contribution in [1.82, 2.24) is 15.2 Å². The number of nitrogens with one attached hydrogen (secondary N) is 2. The van der Waals surface area contributed by atoms with Crippen molar-refractivity contribution >= 4 is 17.8 Å². The molecule has 2 aromatic rings. The minimum Gasteiger partial charge on any atom is -0.479 e. The molecule has 1 fully saturated rings. The first kappa shape index (κ1) is 16.8. The van der Waals surface area contributed by atoms with Gasteiger partial charge in [-0.2, -0.15) is 0 Å². The zero-order valence-electron chi connectivity index (χ0n) is 13.6. The predicted octanol–water partition coefficient (Wildman–Crippen LogP) is 1.81. The van der Waals surface area contributed by atoms with E-state index in [1.165, 1.54) is 12.3 Å². The summed E-state index contributed by atoms with van der Waals surface area (Å²) in [7, 11) is 0. The second kappa shape index (κ2) is 7.21. The van der Waals surface area contributed by atoms with Crippen LogP contribution in [0.25, 0.3) is 0 Å². The number of H-pyrrole nitrogens is 1. The smallest absolute Gasteiger partial charge is 0.330 e. The number of aromatic amines is 1. The summed E-state index contributed by atoms with van der Waals surface area (Å²) >= 11 is 0. The Labute approximate surface area is 144 Å². The Morgan fingerprint density at radius 2 is 1.80 bits per heavy atom. The maximum atomic E-state index is 12.4. The summed E-state index contributed by atoms with van der Waals surface area (Å²) in [5, 5.41) is 11.9. The molecule has 0 bridgehead atoms. The fourth-order valence-electron chi connectivity index (χ4n) is 2.89. The summed E-state index contributed by atoms with van der Waals surface area (Å²) in [6.45, 7) is 1.43. The molecule has 2 heterocycles. The molecule has 25 heavy (non-hydrogen) atoms. The molecule has 1 saturated heterocycles. The lowest BCUT2D eigenvalue weighted by atomic mass is 10.1. The van der Waals surface area contributed by atoms with Crippen molar-refractivity contribution in [3.05, 3.63) is 59.4 Å². The van der Waals surface area contributed by atoms with Gasteiger partial charge in [-0.05, 0) is 24.5 Å². The second-order valence-electron chi connectivity index (χ2n) is 5.96. The molecule has 3 rings (SSSR count). The van der Waals surface area contributed by atoms with Crippen LogP contribution in [0.15, 0.2) is 42.6 Å². The van der Waals surface area contributed by atoms with E-state index >= 15 is 0 Å². The number of likely N-dealkylation sites (tertiary alicyclic amines) is 1. The summed E-state index contributed by atoms with van der Waals surface area (Å²) in [5.74, 6) is -1.84. The third-order valence-electron chi connectivity index (χ3n) is 4.22. The largest absolute Gasteiger partial charge is 0.479 e. The van der Waals surface area contributed by atoms with Crippen molar-refractivity contribution in [2.75, 3.05) is 13.1 Å². The summed E-state index contributed by atoms with van der Waals surface area (Å²) in [6, 6.07) is 8.77. The second-order valence-corrected chi connectivity index (χ2v) is 5.96. The van der Waals surface area contributed by atoms with E-state index in [1.54, 1.807) is 35.2 Å². The summed E-state index contributed by atoms with van der Waals surface area (Å²) in [6.07, 6.45) is 3.39. The molecule has 0 radical (unpaired) electrons. The van der Waals surface area contributed by atoms with Crippen LogP contribution in [-0.2, 0) is 4.79 Å². The lowest BCUT2D eigenvalue weighted by Crippen LogP contribution is -2.33. The third kappa shape index (κ3) is 3.71. The minimum absolute atomic E-state index is 0.144. The molecule has 0 saturated carbocycles. The number of rotatable bonds is 5. The van der Waals surface area contributed by atoms with Crippen LogP contribution in [0.4, 0.5) is 0 Å². The van der Waals surface area contributed by atoms with Crippen LogP contribution in [0, 0.1) is 0 Å². The highest BCUT2D eigenvalue weighted by Crippen LogP contribution is 2.16. The maximum Gasteiger partial charge on any atom is 0.330 e. The highest BCUT2D eigenvalue weighted by atomic mass is 16.4. The Morgan fingerprint density at radius 3 is 2.44 bits per heavy atom. The highest BCUT2D eigenvalue weighted by Gasteiger charge is 2.25. The van der Waals surface area contributed by atoms with Gasteiger partial charge in [0.2, 0.25) is 0 Å². The molecule has 7 nitrogen and oxygen atoms in total. The van der Waals surface area contributed by atoms with Gasteiger partial charge in [0.15, 0.2) is 6.04 Å². The number of carboxylic acid groups (broad SMARTS) is 1. The van der Waals surface area contributed by atoms with Crippen molar-refractivity contribution in [2.24, 2.45) is 0 Å². The number of aromatic nitrogens is 1. The van der Waals surface area contributed by atoms with Crippen LogP contribution in [-0.4, -0.2) is 45.9 Å². The van der Waals surface area contributed by atoms with Gasteiger partial charge in [0, 0.05) is 19.3 Å². The number of carbonyl (C=O) groups excluding carboxylic acids is 2. The molecule has 1 aliphatic rings. The molecule has 2 amide bonds. The normalized spacial score (nSPS) is 15.0. The lowest BCUT2D eigenvalue weighted by Gasteiger charge is -2.14. The average molecular weight is 341 g/mol. The van der Waals surface area contributed by atoms with Gasteiger partial charge in [0.1, 0.15) is 5.69 Å². The SMILES string of the molecule is O=C(N[C@@H](C(=O)O)c1ccccc1)c1c[nH]c(C(=O)N2CCCC2)c1.